The van der Waals surface area contributed by atoms with E-state index < -0.39 is 0 Å². The van der Waals surface area contributed by atoms with Gasteiger partial charge in [-0.2, -0.15) is 0 Å². The second kappa shape index (κ2) is 5.87. The molecule has 3 N–H and O–H groups in total. The van der Waals surface area contributed by atoms with Crippen molar-refractivity contribution in [3.63, 3.8) is 0 Å². The van der Waals surface area contributed by atoms with E-state index in [2.05, 4.69) is 12.2 Å². The van der Waals surface area contributed by atoms with Gasteiger partial charge in [0, 0.05) is 25.7 Å². The van der Waals surface area contributed by atoms with Gasteiger partial charge in [-0.3, -0.25) is 0 Å². The third kappa shape index (κ3) is 3.23. The number of nitrogens with two attached hydrogens (primary N) is 1. The van der Waals surface area contributed by atoms with Crippen LogP contribution >= 0.6 is 0 Å². The lowest BCUT2D eigenvalue weighted by molar-refractivity contribution is 0.160. The van der Waals surface area contributed by atoms with Gasteiger partial charge in [0.2, 0.25) is 0 Å². The van der Waals surface area contributed by atoms with E-state index in [-0.39, 0.29) is 12.1 Å². The number of rotatable bonds is 2. The minimum Gasteiger partial charge on any atom is -0.334 e. The van der Waals surface area contributed by atoms with Crippen molar-refractivity contribution >= 4 is 6.03 Å². The number of hydrogen-bond donors (Lipinski definition) is 2. The monoisotopic (exact) mass is 247 g/mol. The van der Waals surface area contributed by atoms with E-state index in [4.69, 9.17) is 5.73 Å². The van der Waals surface area contributed by atoms with Gasteiger partial charge in [-0.1, -0.05) is 37.3 Å². The standard InChI is InChI=1S/C14H21N3O/c1-11-10-17(8-7-13(11)15)14(18)16-9-12-5-3-2-4-6-12/h2-6,11,13H,7-10,15H2,1H3,(H,16,18). The van der Waals surface area contributed by atoms with Crippen LogP contribution in [0.3, 0.4) is 0 Å². The summed E-state index contributed by atoms with van der Waals surface area (Å²) in [5.41, 5.74) is 7.07. The van der Waals surface area contributed by atoms with Gasteiger partial charge >= 0.3 is 6.03 Å². The summed E-state index contributed by atoms with van der Waals surface area (Å²) in [4.78, 5) is 13.9. The summed E-state index contributed by atoms with van der Waals surface area (Å²) in [5.74, 6) is 0.376. The SMILES string of the molecule is CC1CN(C(=O)NCc2ccccc2)CCC1N. The van der Waals surface area contributed by atoms with Crippen molar-refractivity contribution in [3.8, 4) is 0 Å². The average Bonchev–Trinajstić information content (AvgIpc) is 2.40. The maximum atomic E-state index is 12.0. The highest BCUT2D eigenvalue weighted by atomic mass is 16.2. The molecule has 98 valence electrons. The zero-order valence-electron chi connectivity index (χ0n) is 10.8. The quantitative estimate of drug-likeness (QED) is 0.833. The Morgan fingerprint density at radius 3 is 2.83 bits per heavy atom. The smallest absolute Gasteiger partial charge is 0.317 e. The highest BCUT2D eigenvalue weighted by Crippen LogP contribution is 2.14. The molecule has 1 aromatic rings. The Kier molecular flexibility index (Phi) is 4.20. The van der Waals surface area contributed by atoms with E-state index in [9.17, 15) is 4.79 Å². The maximum absolute atomic E-state index is 12.0. The van der Waals surface area contributed by atoms with Gasteiger partial charge < -0.3 is 16.0 Å². The van der Waals surface area contributed by atoms with Gasteiger partial charge in [-0.05, 0) is 17.9 Å². The fourth-order valence-corrected chi connectivity index (χ4v) is 2.23. The summed E-state index contributed by atoms with van der Waals surface area (Å²) in [5, 5.41) is 2.95. The molecule has 0 aliphatic carbocycles. The van der Waals surface area contributed by atoms with E-state index in [1.165, 1.54) is 0 Å². The molecule has 1 aliphatic heterocycles. The molecule has 1 aromatic carbocycles. The summed E-state index contributed by atoms with van der Waals surface area (Å²) in [6.45, 7) is 4.19. The second-order valence-electron chi connectivity index (χ2n) is 5.02. The third-order valence-corrected chi connectivity index (χ3v) is 3.55. The van der Waals surface area contributed by atoms with E-state index >= 15 is 0 Å². The molecule has 1 aliphatic rings. The Labute approximate surface area is 108 Å². The highest BCUT2D eigenvalue weighted by molar-refractivity contribution is 5.74. The number of likely N-dealkylation sites (tertiary alicyclic amines) is 1. The Morgan fingerprint density at radius 2 is 2.17 bits per heavy atom. The summed E-state index contributed by atoms with van der Waals surface area (Å²) in [6.07, 6.45) is 0.889. The largest absolute Gasteiger partial charge is 0.334 e. The van der Waals surface area contributed by atoms with Crippen LogP contribution < -0.4 is 11.1 Å². The molecule has 0 bridgehead atoms. The van der Waals surface area contributed by atoms with E-state index in [0.717, 1.165) is 25.1 Å². The first-order valence-corrected chi connectivity index (χ1v) is 6.49. The number of carbonyl (C=O) groups excluding carboxylic acids is 1. The first kappa shape index (κ1) is 12.9. The van der Waals surface area contributed by atoms with Gasteiger partial charge in [-0.15, -0.1) is 0 Å². The number of nitrogens with one attached hydrogen (secondary N) is 1. The van der Waals surface area contributed by atoms with Crippen molar-refractivity contribution in [3.05, 3.63) is 35.9 Å². The summed E-state index contributed by atoms with van der Waals surface area (Å²) in [6, 6.07) is 10.2. The molecule has 0 saturated carbocycles. The first-order chi connectivity index (χ1) is 8.66. The number of urea groups is 1. The van der Waals surface area contributed by atoms with Crippen molar-refractivity contribution in [2.45, 2.75) is 25.9 Å². The van der Waals surface area contributed by atoms with E-state index in [1.807, 2.05) is 35.2 Å². The Bertz CT molecular complexity index is 393. The Balaban J connectivity index is 1.82. The number of carbonyl (C=O) groups is 1. The lowest BCUT2D eigenvalue weighted by Gasteiger charge is -2.35. The van der Waals surface area contributed by atoms with Gasteiger partial charge in [0.05, 0.1) is 0 Å². The molecule has 0 aromatic heterocycles. The molecule has 4 nitrogen and oxygen atoms in total. The van der Waals surface area contributed by atoms with Crippen molar-refractivity contribution in [2.24, 2.45) is 11.7 Å². The van der Waals surface area contributed by atoms with E-state index in [1.54, 1.807) is 0 Å². The van der Waals surface area contributed by atoms with Crippen molar-refractivity contribution < 1.29 is 4.79 Å². The van der Waals surface area contributed by atoms with Crippen LogP contribution in [-0.4, -0.2) is 30.1 Å². The zero-order valence-corrected chi connectivity index (χ0v) is 10.8. The van der Waals surface area contributed by atoms with Gasteiger partial charge in [0.1, 0.15) is 0 Å². The lowest BCUT2D eigenvalue weighted by Crippen LogP contribution is -2.51. The molecule has 0 spiro atoms. The van der Waals surface area contributed by atoms with Gasteiger partial charge in [0.15, 0.2) is 0 Å². The van der Waals surface area contributed by atoms with Crippen molar-refractivity contribution in [1.29, 1.82) is 0 Å². The molecule has 1 saturated heterocycles. The van der Waals surface area contributed by atoms with Crippen LogP contribution in [0.25, 0.3) is 0 Å². The molecule has 1 fully saturated rings. The fraction of sp³-hybridized carbons (Fsp3) is 0.500. The number of nitrogens with zero attached hydrogens (tertiary/aromatic N) is 1. The summed E-state index contributed by atoms with van der Waals surface area (Å²) >= 11 is 0. The molecule has 1 heterocycles. The molecular formula is C14H21N3O. The molecule has 2 atom stereocenters. The van der Waals surface area contributed by atoms with Crippen LogP contribution in [0.1, 0.15) is 18.9 Å². The molecule has 2 rings (SSSR count). The second-order valence-corrected chi connectivity index (χ2v) is 5.02. The number of hydrogen-bond acceptors (Lipinski definition) is 2. The van der Waals surface area contributed by atoms with Crippen LogP contribution in [0, 0.1) is 5.92 Å². The van der Waals surface area contributed by atoms with E-state index in [0.29, 0.717) is 12.5 Å². The molecule has 4 heteroatoms. The van der Waals surface area contributed by atoms with Crippen LogP contribution in [-0.2, 0) is 6.54 Å². The molecule has 2 amide bonds. The lowest BCUT2D eigenvalue weighted by atomic mass is 9.95. The van der Waals surface area contributed by atoms with Gasteiger partial charge in [-0.25, -0.2) is 4.79 Å². The Hall–Kier alpha value is -1.55. The van der Waals surface area contributed by atoms with Crippen LogP contribution in [0.2, 0.25) is 0 Å². The average molecular weight is 247 g/mol. The summed E-state index contributed by atoms with van der Waals surface area (Å²) < 4.78 is 0. The molecular weight excluding hydrogens is 226 g/mol. The minimum atomic E-state index is 0.0117. The Morgan fingerprint density at radius 1 is 1.44 bits per heavy atom. The highest BCUT2D eigenvalue weighted by Gasteiger charge is 2.25. The molecule has 2 unspecified atom stereocenters. The zero-order chi connectivity index (χ0) is 13.0. The van der Waals surface area contributed by atoms with Crippen molar-refractivity contribution in [1.82, 2.24) is 10.2 Å². The predicted octanol–water partition coefficient (Wildman–Crippen LogP) is 1.57. The fourth-order valence-electron chi connectivity index (χ4n) is 2.23. The van der Waals surface area contributed by atoms with Crippen LogP contribution in [0.4, 0.5) is 4.79 Å². The predicted molar refractivity (Wildman–Crippen MR) is 72.0 cm³/mol. The number of piperidine rings is 1. The van der Waals surface area contributed by atoms with Crippen LogP contribution in [0.5, 0.6) is 0 Å². The normalized spacial score (nSPS) is 23.8. The van der Waals surface area contributed by atoms with Crippen molar-refractivity contribution in [2.75, 3.05) is 13.1 Å². The third-order valence-electron chi connectivity index (χ3n) is 3.55. The number of amides is 2. The number of benzene rings is 1. The maximum Gasteiger partial charge on any atom is 0.317 e. The minimum absolute atomic E-state index is 0.0117. The first-order valence-electron chi connectivity index (χ1n) is 6.49. The topological polar surface area (TPSA) is 58.4 Å². The molecule has 18 heavy (non-hydrogen) atoms. The summed E-state index contributed by atoms with van der Waals surface area (Å²) in [7, 11) is 0. The van der Waals surface area contributed by atoms with Crippen LogP contribution in [0.15, 0.2) is 30.3 Å². The van der Waals surface area contributed by atoms with Gasteiger partial charge in [0.25, 0.3) is 0 Å². The molecule has 0 radical (unpaired) electrons.